The van der Waals surface area contributed by atoms with Gasteiger partial charge in [0, 0.05) is 11.6 Å². The second kappa shape index (κ2) is 8.26. The van der Waals surface area contributed by atoms with Gasteiger partial charge in [-0.25, -0.2) is 0 Å². The number of hydrogen-bond donors (Lipinski definition) is 2. The predicted octanol–water partition coefficient (Wildman–Crippen LogP) is 3.57. The predicted molar refractivity (Wildman–Crippen MR) is 108 cm³/mol. The quantitative estimate of drug-likeness (QED) is 0.409. The van der Waals surface area contributed by atoms with Crippen LogP contribution in [-0.2, 0) is 0 Å². The highest BCUT2D eigenvalue weighted by molar-refractivity contribution is 7.80. The Morgan fingerprint density at radius 2 is 1.88 bits per heavy atom. The van der Waals surface area contributed by atoms with Crippen LogP contribution in [0.4, 0.5) is 5.69 Å². The Labute approximate surface area is 156 Å². The van der Waals surface area contributed by atoms with Crippen LogP contribution in [0.2, 0.25) is 0 Å². The Morgan fingerprint density at radius 3 is 2.69 bits per heavy atom. The van der Waals surface area contributed by atoms with E-state index in [2.05, 4.69) is 20.8 Å². The Hall–Kier alpha value is -3.19. The average Bonchev–Trinajstić information content (AvgIpc) is 2.68. The summed E-state index contributed by atoms with van der Waals surface area (Å²) in [6, 6.07) is 15.3. The molecule has 1 aromatic heterocycles. The van der Waals surface area contributed by atoms with Crippen molar-refractivity contribution in [2.75, 3.05) is 19.5 Å². The number of fused-ring (bicyclic) bond motifs is 1. The lowest BCUT2D eigenvalue weighted by molar-refractivity contribution is 0.355. The summed E-state index contributed by atoms with van der Waals surface area (Å²) >= 11 is 5.29. The van der Waals surface area contributed by atoms with Crippen molar-refractivity contribution in [2.24, 2.45) is 5.10 Å². The van der Waals surface area contributed by atoms with Gasteiger partial charge in [-0.1, -0.05) is 18.2 Å². The van der Waals surface area contributed by atoms with E-state index in [-0.39, 0.29) is 0 Å². The number of pyridine rings is 1. The highest BCUT2D eigenvalue weighted by atomic mass is 32.1. The SMILES string of the molecule is COc1ccc(C=NNC(=S)Nc2cccc3cccnc23)cc1OC. The molecule has 3 aromatic rings. The maximum absolute atomic E-state index is 5.29. The molecule has 7 heteroatoms. The van der Waals surface area contributed by atoms with Crippen LogP contribution in [0.1, 0.15) is 5.56 Å². The molecule has 132 valence electrons. The van der Waals surface area contributed by atoms with Gasteiger partial charge >= 0.3 is 0 Å². The molecule has 0 fully saturated rings. The van der Waals surface area contributed by atoms with E-state index in [1.165, 1.54) is 0 Å². The second-order valence-electron chi connectivity index (χ2n) is 5.32. The first kappa shape index (κ1) is 17.6. The van der Waals surface area contributed by atoms with E-state index in [0.29, 0.717) is 16.6 Å². The van der Waals surface area contributed by atoms with Crippen LogP contribution in [0.3, 0.4) is 0 Å². The molecule has 0 unspecified atom stereocenters. The zero-order valence-corrected chi connectivity index (χ0v) is 15.2. The number of hydrogen-bond acceptors (Lipinski definition) is 5. The van der Waals surface area contributed by atoms with Crippen LogP contribution in [0.15, 0.2) is 59.8 Å². The molecule has 0 bridgehead atoms. The van der Waals surface area contributed by atoms with Crippen molar-refractivity contribution in [1.82, 2.24) is 10.4 Å². The maximum Gasteiger partial charge on any atom is 0.191 e. The Bertz CT molecular complexity index is 954. The van der Waals surface area contributed by atoms with Crippen LogP contribution in [0.25, 0.3) is 10.9 Å². The first-order chi connectivity index (χ1) is 12.7. The Balaban J connectivity index is 1.66. The molecule has 0 amide bonds. The summed E-state index contributed by atoms with van der Waals surface area (Å²) < 4.78 is 10.5. The largest absolute Gasteiger partial charge is 0.493 e. The van der Waals surface area contributed by atoms with Gasteiger partial charge in [0.05, 0.1) is 31.6 Å². The monoisotopic (exact) mass is 366 g/mol. The number of methoxy groups -OCH3 is 2. The van der Waals surface area contributed by atoms with Gasteiger partial charge in [0.1, 0.15) is 0 Å². The highest BCUT2D eigenvalue weighted by Crippen LogP contribution is 2.26. The van der Waals surface area contributed by atoms with Crippen molar-refractivity contribution >= 4 is 40.1 Å². The van der Waals surface area contributed by atoms with E-state index >= 15 is 0 Å². The fourth-order valence-electron chi connectivity index (χ4n) is 2.45. The number of benzene rings is 2. The van der Waals surface area contributed by atoms with Gasteiger partial charge < -0.3 is 14.8 Å². The van der Waals surface area contributed by atoms with Gasteiger partial charge in [-0.3, -0.25) is 10.4 Å². The normalized spacial score (nSPS) is 10.7. The lowest BCUT2D eigenvalue weighted by Gasteiger charge is -2.09. The highest BCUT2D eigenvalue weighted by Gasteiger charge is 2.04. The van der Waals surface area contributed by atoms with Gasteiger partial charge in [-0.15, -0.1) is 0 Å². The van der Waals surface area contributed by atoms with E-state index in [4.69, 9.17) is 21.7 Å². The van der Waals surface area contributed by atoms with E-state index < -0.39 is 0 Å². The van der Waals surface area contributed by atoms with Crippen molar-refractivity contribution in [3.63, 3.8) is 0 Å². The first-order valence-corrected chi connectivity index (χ1v) is 8.28. The third-order valence-electron chi connectivity index (χ3n) is 3.67. The molecule has 2 N–H and O–H groups in total. The molecule has 0 saturated heterocycles. The number of hydrazone groups is 1. The summed E-state index contributed by atoms with van der Waals surface area (Å²) in [5, 5.41) is 8.68. The molecule has 1 heterocycles. The third kappa shape index (κ3) is 4.07. The van der Waals surface area contributed by atoms with Gasteiger partial charge in [-0.05, 0) is 48.1 Å². The molecule has 0 aliphatic carbocycles. The minimum atomic E-state index is 0.375. The molecule has 0 spiro atoms. The Kier molecular flexibility index (Phi) is 5.60. The summed E-state index contributed by atoms with van der Waals surface area (Å²) in [6.07, 6.45) is 3.40. The van der Waals surface area contributed by atoms with Crippen LogP contribution < -0.4 is 20.2 Å². The lowest BCUT2D eigenvalue weighted by atomic mass is 10.2. The zero-order valence-electron chi connectivity index (χ0n) is 14.4. The fraction of sp³-hybridized carbons (Fsp3) is 0.105. The van der Waals surface area contributed by atoms with Crippen LogP contribution >= 0.6 is 12.2 Å². The molecular weight excluding hydrogens is 348 g/mol. The first-order valence-electron chi connectivity index (χ1n) is 7.87. The van der Waals surface area contributed by atoms with Crippen molar-refractivity contribution < 1.29 is 9.47 Å². The van der Waals surface area contributed by atoms with Crippen molar-refractivity contribution in [3.8, 4) is 11.5 Å². The van der Waals surface area contributed by atoms with Crippen LogP contribution in [-0.4, -0.2) is 30.5 Å². The third-order valence-corrected chi connectivity index (χ3v) is 3.86. The van der Waals surface area contributed by atoms with E-state index in [1.807, 2.05) is 48.5 Å². The summed E-state index contributed by atoms with van der Waals surface area (Å²) in [4.78, 5) is 4.38. The smallest absolute Gasteiger partial charge is 0.191 e. The van der Waals surface area contributed by atoms with Gasteiger partial charge in [-0.2, -0.15) is 5.10 Å². The number of para-hydroxylation sites is 1. The van der Waals surface area contributed by atoms with Crippen molar-refractivity contribution in [3.05, 3.63) is 60.3 Å². The molecule has 6 nitrogen and oxygen atoms in total. The maximum atomic E-state index is 5.29. The number of nitrogens with zero attached hydrogens (tertiary/aromatic N) is 2. The van der Waals surface area contributed by atoms with Gasteiger partial charge in [0.2, 0.25) is 0 Å². The minimum absolute atomic E-state index is 0.375. The van der Waals surface area contributed by atoms with E-state index in [1.54, 1.807) is 26.6 Å². The van der Waals surface area contributed by atoms with Crippen LogP contribution in [0, 0.1) is 0 Å². The molecule has 0 radical (unpaired) electrons. The van der Waals surface area contributed by atoms with E-state index in [9.17, 15) is 0 Å². The number of thiocarbonyl (C=S) groups is 1. The standard InChI is InChI=1S/C19H18N4O2S/c1-24-16-9-8-13(11-17(16)25-2)12-21-23-19(26)22-15-7-3-5-14-6-4-10-20-18(14)15/h3-12H,1-2H3,(H2,22,23,26). The zero-order chi connectivity index (χ0) is 18.4. The molecule has 3 rings (SSSR count). The minimum Gasteiger partial charge on any atom is -0.493 e. The van der Waals surface area contributed by atoms with E-state index in [0.717, 1.165) is 22.2 Å². The number of rotatable bonds is 5. The lowest BCUT2D eigenvalue weighted by Crippen LogP contribution is -2.24. The Morgan fingerprint density at radius 1 is 1.08 bits per heavy atom. The van der Waals surface area contributed by atoms with Gasteiger partial charge in [0.25, 0.3) is 0 Å². The molecule has 0 atom stereocenters. The number of nitrogens with one attached hydrogen (secondary N) is 2. The topological polar surface area (TPSA) is 67.8 Å². The van der Waals surface area contributed by atoms with Gasteiger partial charge in [0.15, 0.2) is 16.6 Å². The summed E-state index contributed by atoms with van der Waals surface area (Å²) in [7, 11) is 3.19. The molecule has 0 saturated carbocycles. The summed E-state index contributed by atoms with van der Waals surface area (Å²) in [5.74, 6) is 1.30. The molecule has 0 aliphatic heterocycles. The van der Waals surface area contributed by atoms with Crippen LogP contribution in [0.5, 0.6) is 11.5 Å². The fourth-order valence-corrected chi connectivity index (χ4v) is 2.62. The average molecular weight is 366 g/mol. The summed E-state index contributed by atoms with van der Waals surface area (Å²) in [5.41, 5.74) is 5.32. The summed E-state index contributed by atoms with van der Waals surface area (Å²) in [6.45, 7) is 0. The molecular formula is C19H18N4O2S. The van der Waals surface area contributed by atoms with Crippen molar-refractivity contribution in [2.45, 2.75) is 0 Å². The second-order valence-corrected chi connectivity index (χ2v) is 5.73. The van der Waals surface area contributed by atoms with Crippen molar-refractivity contribution in [1.29, 1.82) is 0 Å². The number of aromatic nitrogens is 1. The number of anilines is 1. The molecule has 26 heavy (non-hydrogen) atoms. The molecule has 0 aliphatic rings. The molecule has 2 aromatic carbocycles. The number of ether oxygens (including phenoxy) is 2.